The molecule has 1 unspecified atom stereocenters. The maximum absolute atomic E-state index is 10.6. The molecule has 5 heteroatoms. The maximum atomic E-state index is 10.6. The molecular weight excluding hydrogens is 388 g/mol. The zero-order chi connectivity index (χ0) is 22.2. The van der Waals surface area contributed by atoms with E-state index in [9.17, 15) is 5.11 Å². The summed E-state index contributed by atoms with van der Waals surface area (Å²) in [6, 6.07) is 20.4. The summed E-state index contributed by atoms with van der Waals surface area (Å²) in [5.41, 5.74) is 3.63. The quantitative estimate of drug-likeness (QED) is 0.476. The number of furan rings is 1. The first kappa shape index (κ1) is 22.9. The Labute approximate surface area is 185 Å². The number of anilines is 1. The van der Waals surface area contributed by atoms with Crippen molar-refractivity contribution in [2.24, 2.45) is 0 Å². The number of hydrogen-bond donors (Lipinski definition) is 1. The van der Waals surface area contributed by atoms with Gasteiger partial charge < -0.3 is 19.2 Å². The van der Waals surface area contributed by atoms with E-state index in [1.807, 2.05) is 38.4 Å². The van der Waals surface area contributed by atoms with Crippen molar-refractivity contribution in [3.8, 4) is 5.75 Å². The first-order valence-corrected chi connectivity index (χ1v) is 10.8. The van der Waals surface area contributed by atoms with Gasteiger partial charge in [-0.25, -0.2) is 0 Å². The third kappa shape index (κ3) is 7.16. The van der Waals surface area contributed by atoms with E-state index in [-0.39, 0.29) is 6.61 Å². The van der Waals surface area contributed by atoms with E-state index in [4.69, 9.17) is 9.15 Å². The second-order valence-electron chi connectivity index (χ2n) is 8.50. The minimum Gasteiger partial charge on any atom is -0.491 e. The number of aliphatic hydroxyl groups excluding tert-OH is 1. The second-order valence-corrected chi connectivity index (χ2v) is 8.50. The monoisotopic (exact) mass is 422 g/mol. The summed E-state index contributed by atoms with van der Waals surface area (Å²) in [6.45, 7) is 6.41. The van der Waals surface area contributed by atoms with Crippen LogP contribution in [0.1, 0.15) is 36.7 Å². The lowest BCUT2D eigenvalue weighted by Gasteiger charge is -2.25. The van der Waals surface area contributed by atoms with Crippen LogP contribution in [0.3, 0.4) is 0 Å². The van der Waals surface area contributed by atoms with Gasteiger partial charge >= 0.3 is 0 Å². The Morgan fingerprint density at radius 2 is 1.65 bits per heavy atom. The number of nitrogens with zero attached hydrogens (tertiary/aromatic N) is 2. The van der Waals surface area contributed by atoms with Crippen LogP contribution in [-0.2, 0) is 13.1 Å². The minimum absolute atomic E-state index is 0.245. The third-order valence-electron chi connectivity index (χ3n) is 5.28. The van der Waals surface area contributed by atoms with Gasteiger partial charge in [-0.15, -0.1) is 0 Å². The predicted molar refractivity (Wildman–Crippen MR) is 126 cm³/mol. The molecule has 31 heavy (non-hydrogen) atoms. The molecule has 3 aromatic rings. The standard InChI is InChI=1S/C26H34N2O3/c1-20(2)22-9-13-25(14-10-22)31-19-24(29)17-28(18-26-6-5-15-30-26)16-21-7-11-23(12-8-21)27(3)4/h5-15,20,24,29H,16-19H2,1-4H3. The Hall–Kier alpha value is -2.76. The number of rotatable bonds is 11. The molecule has 1 N–H and O–H groups in total. The Balaban J connectivity index is 1.59. The van der Waals surface area contributed by atoms with E-state index in [0.717, 1.165) is 11.5 Å². The molecule has 5 nitrogen and oxygen atoms in total. The summed E-state index contributed by atoms with van der Waals surface area (Å²) in [6.07, 6.45) is 1.07. The van der Waals surface area contributed by atoms with Gasteiger partial charge in [0, 0.05) is 32.9 Å². The molecule has 1 heterocycles. The van der Waals surface area contributed by atoms with E-state index < -0.39 is 6.10 Å². The van der Waals surface area contributed by atoms with Crippen molar-refractivity contribution < 1.29 is 14.3 Å². The zero-order valence-electron chi connectivity index (χ0n) is 19.0. The van der Waals surface area contributed by atoms with Crippen LogP contribution in [0.25, 0.3) is 0 Å². The Bertz CT molecular complexity index is 887. The number of ether oxygens (including phenoxy) is 1. The van der Waals surface area contributed by atoms with Gasteiger partial charge in [0.2, 0.25) is 0 Å². The Morgan fingerprint density at radius 1 is 0.935 bits per heavy atom. The molecule has 3 rings (SSSR count). The molecule has 0 saturated carbocycles. The molecule has 0 radical (unpaired) electrons. The summed E-state index contributed by atoms with van der Waals surface area (Å²) in [4.78, 5) is 4.26. The second kappa shape index (κ2) is 11.0. The SMILES string of the molecule is CC(C)c1ccc(OCC(O)CN(Cc2ccc(N(C)C)cc2)Cc2ccco2)cc1. The number of aliphatic hydroxyl groups is 1. The molecule has 0 aliphatic carbocycles. The smallest absolute Gasteiger partial charge is 0.119 e. The maximum Gasteiger partial charge on any atom is 0.119 e. The van der Waals surface area contributed by atoms with Gasteiger partial charge in [-0.3, -0.25) is 4.90 Å². The van der Waals surface area contributed by atoms with Gasteiger partial charge in [0.1, 0.15) is 24.2 Å². The average Bonchev–Trinajstić information content (AvgIpc) is 3.26. The topological polar surface area (TPSA) is 49.1 Å². The van der Waals surface area contributed by atoms with Gasteiger partial charge in [0.25, 0.3) is 0 Å². The lowest BCUT2D eigenvalue weighted by molar-refractivity contribution is 0.0604. The predicted octanol–water partition coefficient (Wildman–Crippen LogP) is 4.91. The first-order chi connectivity index (χ1) is 14.9. The van der Waals surface area contributed by atoms with Crippen LogP contribution < -0.4 is 9.64 Å². The molecule has 0 aliphatic heterocycles. The van der Waals surface area contributed by atoms with E-state index in [0.29, 0.717) is 25.6 Å². The van der Waals surface area contributed by atoms with Crippen LogP contribution in [0.2, 0.25) is 0 Å². The van der Waals surface area contributed by atoms with E-state index in [2.05, 4.69) is 60.0 Å². The highest BCUT2D eigenvalue weighted by Crippen LogP contribution is 2.19. The lowest BCUT2D eigenvalue weighted by atomic mass is 10.0. The van der Waals surface area contributed by atoms with Gasteiger partial charge in [-0.1, -0.05) is 38.1 Å². The molecule has 0 fully saturated rings. The highest BCUT2D eigenvalue weighted by Gasteiger charge is 2.15. The van der Waals surface area contributed by atoms with Crippen LogP contribution in [0.4, 0.5) is 5.69 Å². The van der Waals surface area contributed by atoms with E-state index >= 15 is 0 Å². The van der Waals surface area contributed by atoms with Gasteiger partial charge in [-0.2, -0.15) is 0 Å². The van der Waals surface area contributed by atoms with Crippen LogP contribution in [-0.4, -0.2) is 43.4 Å². The first-order valence-electron chi connectivity index (χ1n) is 10.8. The summed E-state index contributed by atoms with van der Waals surface area (Å²) in [5.74, 6) is 2.14. The molecule has 0 bridgehead atoms. The largest absolute Gasteiger partial charge is 0.491 e. The molecule has 166 valence electrons. The summed E-state index contributed by atoms with van der Waals surface area (Å²) < 4.78 is 11.4. The number of hydrogen-bond acceptors (Lipinski definition) is 5. The van der Waals surface area contributed by atoms with Crippen molar-refractivity contribution in [2.75, 3.05) is 32.1 Å². The van der Waals surface area contributed by atoms with E-state index in [1.165, 1.54) is 16.8 Å². The molecular formula is C26H34N2O3. The fourth-order valence-corrected chi connectivity index (χ4v) is 3.46. The molecule has 0 spiro atoms. The van der Waals surface area contributed by atoms with Crippen LogP contribution in [0.5, 0.6) is 5.75 Å². The fourth-order valence-electron chi connectivity index (χ4n) is 3.46. The van der Waals surface area contributed by atoms with Crippen molar-refractivity contribution in [2.45, 2.75) is 39.0 Å². The fraction of sp³-hybridized carbons (Fsp3) is 0.385. The average molecular weight is 423 g/mol. The van der Waals surface area contributed by atoms with Crippen molar-refractivity contribution in [3.05, 3.63) is 83.8 Å². The zero-order valence-corrected chi connectivity index (χ0v) is 19.0. The summed E-state index contributed by atoms with van der Waals surface area (Å²) in [7, 11) is 4.07. The highest BCUT2D eigenvalue weighted by molar-refractivity contribution is 5.46. The van der Waals surface area contributed by atoms with Crippen LogP contribution in [0, 0.1) is 0 Å². The highest BCUT2D eigenvalue weighted by atomic mass is 16.5. The normalized spacial score (nSPS) is 12.4. The van der Waals surface area contributed by atoms with Gasteiger partial charge in [-0.05, 0) is 53.4 Å². The minimum atomic E-state index is -0.610. The summed E-state index contributed by atoms with van der Waals surface area (Å²) in [5, 5.41) is 10.6. The van der Waals surface area contributed by atoms with Crippen molar-refractivity contribution in [1.29, 1.82) is 0 Å². The Morgan fingerprint density at radius 3 is 2.23 bits per heavy atom. The van der Waals surface area contributed by atoms with Gasteiger partial charge in [0.15, 0.2) is 0 Å². The molecule has 0 saturated heterocycles. The van der Waals surface area contributed by atoms with Crippen molar-refractivity contribution in [1.82, 2.24) is 4.90 Å². The molecule has 0 amide bonds. The van der Waals surface area contributed by atoms with Crippen LogP contribution >= 0.6 is 0 Å². The summed E-state index contributed by atoms with van der Waals surface area (Å²) >= 11 is 0. The lowest BCUT2D eigenvalue weighted by Crippen LogP contribution is -2.35. The van der Waals surface area contributed by atoms with E-state index in [1.54, 1.807) is 6.26 Å². The Kier molecular flexibility index (Phi) is 8.15. The van der Waals surface area contributed by atoms with Crippen LogP contribution in [0.15, 0.2) is 71.3 Å². The molecule has 1 aromatic heterocycles. The third-order valence-corrected chi connectivity index (χ3v) is 5.28. The van der Waals surface area contributed by atoms with Gasteiger partial charge in [0.05, 0.1) is 12.8 Å². The van der Waals surface area contributed by atoms with Crippen molar-refractivity contribution in [3.63, 3.8) is 0 Å². The van der Waals surface area contributed by atoms with Crippen molar-refractivity contribution >= 4 is 5.69 Å². The molecule has 0 aliphatic rings. The number of benzene rings is 2. The molecule has 1 atom stereocenters. The molecule has 2 aromatic carbocycles.